The van der Waals surface area contributed by atoms with Crippen LogP contribution in [0.3, 0.4) is 0 Å². The van der Waals surface area contributed by atoms with Gasteiger partial charge in [-0.15, -0.1) is 0 Å². The molecule has 1 aromatic heterocycles. The summed E-state index contributed by atoms with van der Waals surface area (Å²) in [5.74, 6) is 1.15. The van der Waals surface area contributed by atoms with Gasteiger partial charge < -0.3 is 15.5 Å². The first-order chi connectivity index (χ1) is 15.0. The third-order valence-electron chi connectivity index (χ3n) is 4.97. The predicted octanol–water partition coefficient (Wildman–Crippen LogP) is 4.94. The molecule has 158 valence electrons. The van der Waals surface area contributed by atoms with E-state index in [9.17, 15) is 4.79 Å². The highest BCUT2D eigenvalue weighted by Crippen LogP contribution is 2.20. The number of hydrogen-bond acceptors (Lipinski definition) is 5. The Morgan fingerprint density at radius 3 is 2.52 bits per heavy atom. The number of hydrogen-bond donors (Lipinski definition) is 2. The maximum Gasteiger partial charge on any atom is 0.257 e. The fourth-order valence-corrected chi connectivity index (χ4v) is 3.61. The first-order valence-corrected chi connectivity index (χ1v) is 10.6. The molecule has 0 aliphatic carbocycles. The summed E-state index contributed by atoms with van der Waals surface area (Å²) in [7, 11) is 2.05. The zero-order valence-electron chi connectivity index (χ0n) is 16.9. The second-order valence-corrected chi connectivity index (χ2v) is 8.05. The lowest BCUT2D eigenvalue weighted by Crippen LogP contribution is -2.23. The largest absolute Gasteiger partial charge is 0.381 e. The monoisotopic (exact) mass is 453 g/mol. The number of anilines is 2. The molecule has 1 aliphatic rings. The lowest BCUT2D eigenvalue weighted by Gasteiger charge is -2.15. The molecular weight excluding hydrogens is 433 g/mol. The molecule has 4 rings (SSSR count). The molecule has 0 radical (unpaired) electrons. The molecule has 3 aromatic rings. The molecule has 1 aliphatic heterocycles. The number of nitrogens with one attached hydrogen (secondary N) is 2. The topological polar surface area (TPSA) is 69.6 Å². The van der Waals surface area contributed by atoms with Gasteiger partial charge in [0.25, 0.3) is 5.91 Å². The van der Waals surface area contributed by atoms with Crippen molar-refractivity contribution in [3.63, 3.8) is 0 Å². The van der Waals surface area contributed by atoms with Crippen LogP contribution in [0.2, 0.25) is 10.0 Å². The lowest BCUT2D eigenvalue weighted by molar-refractivity contribution is 0.102. The van der Waals surface area contributed by atoms with E-state index in [4.69, 9.17) is 23.2 Å². The molecule has 0 unspecified atom stereocenters. The molecule has 0 fully saturated rings. The number of amidine groups is 1. The predicted molar refractivity (Wildman–Crippen MR) is 126 cm³/mol. The second kappa shape index (κ2) is 9.37. The van der Waals surface area contributed by atoms with Crippen LogP contribution in [-0.2, 0) is 6.54 Å². The van der Waals surface area contributed by atoms with Gasteiger partial charge in [-0.2, -0.15) is 0 Å². The summed E-state index contributed by atoms with van der Waals surface area (Å²) in [4.78, 5) is 23.6. The summed E-state index contributed by atoms with van der Waals surface area (Å²) < 4.78 is 0. The van der Waals surface area contributed by atoms with Gasteiger partial charge in [-0.05, 0) is 54.1 Å². The van der Waals surface area contributed by atoms with E-state index in [1.165, 1.54) is 6.20 Å². The van der Waals surface area contributed by atoms with Crippen LogP contribution in [0.15, 0.2) is 65.8 Å². The number of nitrogens with zero attached hydrogens (tertiary/aromatic N) is 3. The minimum absolute atomic E-state index is 0.285. The van der Waals surface area contributed by atoms with Crippen LogP contribution in [0, 0.1) is 0 Å². The normalized spacial score (nSPS) is 13.1. The fourth-order valence-electron chi connectivity index (χ4n) is 3.33. The Bertz CT molecular complexity index is 1110. The van der Waals surface area contributed by atoms with E-state index in [1.807, 2.05) is 37.4 Å². The second-order valence-electron chi connectivity index (χ2n) is 7.18. The summed E-state index contributed by atoms with van der Waals surface area (Å²) in [5, 5.41) is 7.14. The molecule has 0 saturated carbocycles. The summed E-state index contributed by atoms with van der Waals surface area (Å²) >= 11 is 12.0. The number of pyridine rings is 1. The van der Waals surface area contributed by atoms with E-state index in [2.05, 4.69) is 25.5 Å². The first kappa shape index (κ1) is 21.2. The number of carbonyl (C=O) groups excluding carboxylic acids is 1. The maximum atomic E-state index is 12.8. The minimum atomic E-state index is -0.285. The molecule has 2 heterocycles. The number of likely N-dealkylation sites (N-methyl/N-ethyl adjacent to an activating group) is 1. The van der Waals surface area contributed by atoms with E-state index in [0.717, 1.165) is 35.7 Å². The SMILES string of the molecule is CN1CCN=C1c1ccc(NCc2ccc(Cl)cc2C(=O)Nc2ccc(Cl)cn2)cc1. The van der Waals surface area contributed by atoms with Gasteiger partial charge >= 0.3 is 0 Å². The first-order valence-electron chi connectivity index (χ1n) is 9.81. The van der Waals surface area contributed by atoms with Crippen LogP contribution in [-0.4, -0.2) is 41.8 Å². The molecule has 0 saturated heterocycles. The quantitative estimate of drug-likeness (QED) is 0.554. The van der Waals surface area contributed by atoms with Crippen molar-refractivity contribution in [2.45, 2.75) is 6.54 Å². The average Bonchev–Trinajstić information content (AvgIpc) is 3.20. The van der Waals surface area contributed by atoms with Gasteiger partial charge in [0.05, 0.1) is 11.6 Å². The number of aliphatic imine (C=N–C) groups is 1. The Kier molecular flexibility index (Phi) is 6.39. The van der Waals surface area contributed by atoms with Crippen LogP contribution in [0.1, 0.15) is 21.5 Å². The summed E-state index contributed by atoms with van der Waals surface area (Å²) in [6, 6.07) is 16.7. The highest BCUT2D eigenvalue weighted by atomic mass is 35.5. The molecule has 0 atom stereocenters. The van der Waals surface area contributed by atoms with Crippen LogP contribution in [0.5, 0.6) is 0 Å². The van der Waals surface area contributed by atoms with Crippen LogP contribution in [0.25, 0.3) is 0 Å². The highest BCUT2D eigenvalue weighted by Gasteiger charge is 2.15. The van der Waals surface area contributed by atoms with E-state index in [1.54, 1.807) is 24.3 Å². The third kappa shape index (κ3) is 5.16. The van der Waals surface area contributed by atoms with Crippen molar-refractivity contribution in [1.82, 2.24) is 9.88 Å². The molecule has 2 aromatic carbocycles. The Hall–Kier alpha value is -3.09. The number of carbonyl (C=O) groups is 1. The van der Waals surface area contributed by atoms with Gasteiger partial charge in [0, 0.05) is 48.2 Å². The molecule has 0 bridgehead atoms. The number of aromatic nitrogens is 1. The van der Waals surface area contributed by atoms with E-state index < -0.39 is 0 Å². The molecule has 8 heteroatoms. The van der Waals surface area contributed by atoms with Gasteiger partial charge in [0.1, 0.15) is 11.7 Å². The smallest absolute Gasteiger partial charge is 0.257 e. The van der Waals surface area contributed by atoms with Gasteiger partial charge in [-0.1, -0.05) is 29.3 Å². The zero-order valence-corrected chi connectivity index (χ0v) is 18.4. The van der Waals surface area contributed by atoms with Gasteiger partial charge in [0.15, 0.2) is 0 Å². The van der Waals surface area contributed by atoms with Crippen molar-refractivity contribution < 1.29 is 4.79 Å². The standard InChI is InChI=1S/C23H21Cl2N5O/c1-30-11-10-26-22(30)15-3-7-19(8-4-15)27-13-16-2-5-17(24)12-20(16)23(31)29-21-9-6-18(25)14-28-21/h2-9,12,14,27H,10-11,13H2,1H3,(H,28,29,31). The van der Waals surface area contributed by atoms with E-state index >= 15 is 0 Å². The number of rotatable bonds is 6. The van der Waals surface area contributed by atoms with Crippen LogP contribution in [0.4, 0.5) is 11.5 Å². The summed E-state index contributed by atoms with van der Waals surface area (Å²) in [5.41, 5.74) is 3.34. The van der Waals surface area contributed by atoms with E-state index in [0.29, 0.717) is 28.0 Å². The maximum absolute atomic E-state index is 12.8. The zero-order chi connectivity index (χ0) is 21.8. The van der Waals surface area contributed by atoms with Crippen molar-refractivity contribution in [3.8, 4) is 0 Å². The molecule has 1 amide bonds. The molecule has 2 N–H and O–H groups in total. The number of halogens is 2. The average molecular weight is 454 g/mol. The molecule has 6 nitrogen and oxygen atoms in total. The minimum Gasteiger partial charge on any atom is -0.381 e. The van der Waals surface area contributed by atoms with E-state index in [-0.39, 0.29) is 5.91 Å². The van der Waals surface area contributed by atoms with Gasteiger partial charge in [-0.3, -0.25) is 9.79 Å². The summed E-state index contributed by atoms with van der Waals surface area (Å²) in [6.07, 6.45) is 1.48. The molecule has 31 heavy (non-hydrogen) atoms. The van der Waals surface area contributed by atoms with Crippen molar-refractivity contribution in [2.75, 3.05) is 30.8 Å². The fraction of sp³-hybridized carbons (Fsp3) is 0.174. The number of amides is 1. The van der Waals surface area contributed by atoms with Gasteiger partial charge in [0.2, 0.25) is 0 Å². The van der Waals surface area contributed by atoms with Crippen molar-refractivity contribution in [3.05, 3.63) is 87.5 Å². The molecular formula is C23H21Cl2N5O. The van der Waals surface area contributed by atoms with Crippen molar-refractivity contribution in [2.24, 2.45) is 4.99 Å². The highest BCUT2D eigenvalue weighted by molar-refractivity contribution is 6.31. The van der Waals surface area contributed by atoms with Gasteiger partial charge in [-0.25, -0.2) is 4.98 Å². The van der Waals surface area contributed by atoms with Crippen molar-refractivity contribution in [1.29, 1.82) is 0 Å². The van der Waals surface area contributed by atoms with Crippen molar-refractivity contribution >= 4 is 46.4 Å². The molecule has 0 spiro atoms. The number of benzene rings is 2. The summed E-state index contributed by atoms with van der Waals surface area (Å²) in [6.45, 7) is 2.25. The Balaban J connectivity index is 1.46. The Labute approximate surface area is 190 Å². The van der Waals surface area contributed by atoms with Crippen LogP contribution < -0.4 is 10.6 Å². The Morgan fingerprint density at radius 2 is 1.84 bits per heavy atom. The Morgan fingerprint density at radius 1 is 1.06 bits per heavy atom. The third-order valence-corrected chi connectivity index (χ3v) is 5.43. The lowest BCUT2D eigenvalue weighted by atomic mass is 10.1. The van der Waals surface area contributed by atoms with Crippen LogP contribution >= 0.6 is 23.2 Å².